The van der Waals surface area contributed by atoms with Crippen molar-refractivity contribution in [2.75, 3.05) is 20.1 Å². The molecular weight excluding hydrogens is 418 g/mol. The lowest BCUT2D eigenvalue weighted by Crippen LogP contribution is -2.56. The van der Waals surface area contributed by atoms with E-state index < -0.39 is 17.6 Å². The lowest BCUT2D eigenvalue weighted by Gasteiger charge is -2.52. The molecule has 0 spiro atoms. The highest BCUT2D eigenvalue weighted by Crippen LogP contribution is 2.66. The molecule has 1 amide bonds. The Balaban J connectivity index is 2.09. The molecule has 4 atom stereocenters. The molecular formula is C24H32ClNO5. The zero-order chi connectivity index (χ0) is 22.7. The average Bonchev–Trinajstić information content (AvgIpc) is 2.99. The van der Waals surface area contributed by atoms with Crippen LogP contribution in [0, 0.1) is 11.3 Å². The number of carbonyl (C=O) groups excluding carboxylic acids is 2. The molecule has 1 heterocycles. The van der Waals surface area contributed by atoms with Crippen molar-refractivity contribution in [2.45, 2.75) is 70.4 Å². The third-order valence-corrected chi connectivity index (χ3v) is 7.82. The second-order valence-corrected chi connectivity index (χ2v) is 10.3. The molecule has 2 fully saturated rings. The minimum absolute atomic E-state index is 0.0853. The lowest BCUT2D eigenvalue weighted by atomic mass is 9.49. The van der Waals surface area contributed by atoms with Crippen LogP contribution in [-0.4, -0.2) is 38.1 Å². The van der Waals surface area contributed by atoms with Gasteiger partial charge in [0.1, 0.15) is 17.4 Å². The van der Waals surface area contributed by atoms with Crippen LogP contribution < -0.4 is 14.8 Å². The Kier molecular flexibility index (Phi) is 5.44. The summed E-state index contributed by atoms with van der Waals surface area (Å²) in [5.74, 6) is 0.626. The van der Waals surface area contributed by atoms with Gasteiger partial charge in [0.25, 0.3) is 0 Å². The number of hydrogen-bond acceptors (Lipinski definition) is 5. The van der Waals surface area contributed by atoms with Gasteiger partial charge in [-0.2, -0.15) is 0 Å². The number of benzene rings is 1. The van der Waals surface area contributed by atoms with Gasteiger partial charge < -0.3 is 19.5 Å². The highest BCUT2D eigenvalue weighted by atomic mass is 35.5. The minimum Gasteiger partial charge on any atom is -0.493 e. The molecule has 0 radical (unpaired) electrons. The summed E-state index contributed by atoms with van der Waals surface area (Å²) in [6.45, 7) is 8.55. The summed E-state index contributed by atoms with van der Waals surface area (Å²) >= 11 is 5.84. The monoisotopic (exact) mass is 449 g/mol. The van der Waals surface area contributed by atoms with Crippen LogP contribution in [0.5, 0.6) is 11.5 Å². The molecule has 4 rings (SSSR count). The first-order chi connectivity index (χ1) is 14.6. The van der Waals surface area contributed by atoms with Crippen molar-refractivity contribution in [1.29, 1.82) is 0 Å². The molecule has 6 nitrogen and oxygen atoms in total. The highest BCUT2D eigenvalue weighted by Gasteiger charge is 2.70. The van der Waals surface area contributed by atoms with Crippen LogP contribution in [0.4, 0.5) is 0 Å². The van der Waals surface area contributed by atoms with E-state index in [1.807, 2.05) is 0 Å². The van der Waals surface area contributed by atoms with Crippen molar-refractivity contribution in [3.63, 3.8) is 0 Å². The van der Waals surface area contributed by atoms with Crippen molar-refractivity contribution < 1.29 is 23.8 Å². The average molecular weight is 450 g/mol. The minimum atomic E-state index is -0.807. The van der Waals surface area contributed by atoms with Crippen LogP contribution >= 0.6 is 11.6 Å². The predicted molar refractivity (Wildman–Crippen MR) is 118 cm³/mol. The zero-order valence-electron chi connectivity index (χ0n) is 19.1. The van der Waals surface area contributed by atoms with Gasteiger partial charge in [0.2, 0.25) is 5.91 Å². The van der Waals surface area contributed by atoms with Gasteiger partial charge >= 0.3 is 5.97 Å². The number of hydrogen-bond donors (Lipinski definition) is 1. The molecule has 4 unspecified atom stereocenters. The number of carbonyl (C=O) groups is 2. The Hall–Kier alpha value is -1.95. The van der Waals surface area contributed by atoms with Gasteiger partial charge in [0, 0.05) is 17.0 Å². The number of nitrogens with one attached hydrogen (secondary N) is 1. The standard InChI is InChI=1S/C24H32ClNO5/c1-12(2)13-10-14-16(19(30-6)18(13)29-5)24-9-7-8-23(3,4)21(24)20(31-22(24)28)17(14)26-15(27)11-25/h10,12,17,20-21H,7-9,11H2,1-6H3,(H,26,27). The number of esters is 1. The summed E-state index contributed by atoms with van der Waals surface area (Å²) < 4.78 is 17.8. The molecule has 1 aromatic rings. The third kappa shape index (κ3) is 2.97. The van der Waals surface area contributed by atoms with Gasteiger partial charge in [-0.3, -0.25) is 9.59 Å². The Morgan fingerprint density at radius 3 is 2.52 bits per heavy atom. The lowest BCUT2D eigenvalue weighted by molar-refractivity contribution is -0.146. The zero-order valence-corrected chi connectivity index (χ0v) is 19.9. The number of fused-ring (bicyclic) bond motifs is 1. The van der Waals surface area contributed by atoms with Gasteiger partial charge in [0.05, 0.1) is 20.3 Å². The molecule has 1 saturated carbocycles. The number of ether oxygens (including phenoxy) is 3. The van der Waals surface area contributed by atoms with Gasteiger partial charge in [-0.05, 0) is 35.8 Å². The highest BCUT2D eigenvalue weighted by molar-refractivity contribution is 6.27. The smallest absolute Gasteiger partial charge is 0.317 e. The first kappa shape index (κ1) is 22.3. The van der Waals surface area contributed by atoms with E-state index in [2.05, 4.69) is 39.1 Å². The van der Waals surface area contributed by atoms with Crippen LogP contribution in [0.2, 0.25) is 0 Å². The fourth-order valence-corrected chi connectivity index (χ4v) is 6.54. The van der Waals surface area contributed by atoms with Crippen LogP contribution in [-0.2, 0) is 19.7 Å². The van der Waals surface area contributed by atoms with E-state index >= 15 is 0 Å². The fraction of sp³-hybridized carbons (Fsp3) is 0.667. The first-order valence-corrected chi connectivity index (χ1v) is 11.5. The van der Waals surface area contributed by atoms with E-state index in [0.29, 0.717) is 17.9 Å². The summed E-state index contributed by atoms with van der Waals surface area (Å²) in [4.78, 5) is 26.0. The van der Waals surface area contributed by atoms with Crippen LogP contribution in [0.1, 0.15) is 75.6 Å². The molecule has 31 heavy (non-hydrogen) atoms. The fourth-order valence-electron chi connectivity index (χ4n) is 6.46. The number of alkyl halides is 1. The van der Waals surface area contributed by atoms with Crippen LogP contribution in [0.15, 0.2) is 6.07 Å². The van der Waals surface area contributed by atoms with Gasteiger partial charge in [0.15, 0.2) is 11.5 Å². The van der Waals surface area contributed by atoms with Crippen LogP contribution in [0.25, 0.3) is 0 Å². The summed E-state index contributed by atoms with van der Waals surface area (Å²) in [6, 6.07) is 1.58. The number of halogens is 1. The molecule has 1 aromatic carbocycles. The van der Waals surface area contributed by atoms with E-state index in [-0.39, 0.29) is 35.0 Å². The Bertz CT molecular complexity index is 927. The normalized spacial score (nSPS) is 30.3. The number of rotatable bonds is 5. The number of amides is 1. The predicted octanol–water partition coefficient (Wildman–Crippen LogP) is 4.23. The molecule has 2 bridgehead atoms. The molecule has 2 aliphatic carbocycles. The van der Waals surface area contributed by atoms with Crippen molar-refractivity contribution in [3.8, 4) is 11.5 Å². The quantitative estimate of drug-likeness (QED) is 0.538. The topological polar surface area (TPSA) is 73.9 Å². The first-order valence-electron chi connectivity index (χ1n) is 11.0. The van der Waals surface area contributed by atoms with E-state index in [0.717, 1.165) is 29.5 Å². The van der Waals surface area contributed by atoms with E-state index in [1.54, 1.807) is 14.2 Å². The molecule has 3 aliphatic rings. The van der Waals surface area contributed by atoms with Crippen molar-refractivity contribution in [3.05, 3.63) is 22.8 Å². The Morgan fingerprint density at radius 1 is 1.26 bits per heavy atom. The van der Waals surface area contributed by atoms with Gasteiger partial charge in [-0.1, -0.05) is 34.1 Å². The van der Waals surface area contributed by atoms with Crippen molar-refractivity contribution in [1.82, 2.24) is 5.32 Å². The molecule has 1 saturated heterocycles. The van der Waals surface area contributed by atoms with Crippen molar-refractivity contribution in [2.24, 2.45) is 11.3 Å². The maximum atomic E-state index is 13.6. The molecule has 7 heteroatoms. The second kappa shape index (κ2) is 7.58. The Morgan fingerprint density at radius 2 is 1.94 bits per heavy atom. The largest absolute Gasteiger partial charge is 0.493 e. The maximum Gasteiger partial charge on any atom is 0.317 e. The third-order valence-electron chi connectivity index (χ3n) is 7.57. The summed E-state index contributed by atoms with van der Waals surface area (Å²) in [7, 11) is 3.24. The SMILES string of the molecule is COc1c(C(C)C)cc2c(c1OC)C13CCCC(C)(C)C1C(OC3=O)C2NC(=O)CCl. The van der Waals surface area contributed by atoms with E-state index in [9.17, 15) is 9.59 Å². The van der Waals surface area contributed by atoms with Crippen LogP contribution in [0.3, 0.4) is 0 Å². The molecule has 1 aliphatic heterocycles. The van der Waals surface area contributed by atoms with Gasteiger partial charge in [-0.15, -0.1) is 11.6 Å². The Labute approximate surface area is 188 Å². The molecule has 1 N–H and O–H groups in total. The maximum absolute atomic E-state index is 13.6. The molecule has 0 aromatic heterocycles. The van der Waals surface area contributed by atoms with E-state index in [1.165, 1.54) is 0 Å². The summed E-state index contributed by atoms with van der Waals surface area (Å²) in [6.07, 6.45) is 2.16. The van der Waals surface area contributed by atoms with Gasteiger partial charge in [-0.25, -0.2) is 0 Å². The van der Waals surface area contributed by atoms with E-state index in [4.69, 9.17) is 25.8 Å². The number of methoxy groups -OCH3 is 2. The molecule has 170 valence electrons. The second-order valence-electron chi connectivity index (χ2n) is 9.99. The summed E-state index contributed by atoms with van der Waals surface area (Å²) in [5, 5.41) is 3.05. The summed E-state index contributed by atoms with van der Waals surface area (Å²) in [5.41, 5.74) is 1.71. The van der Waals surface area contributed by atoms with Crippen molar-refractivity contribution >= 4 is 23.5 Å².